The molecule has 0 aliphatic carbocycles. The molecule has 0 amide bonds. The van der Waals surface area contributed by atoms with Crippen molar-refractivity contribution in [3.63, 3.8) is 0 Å². The van der Waals surface area contributed by atoms with E-state index in [9.17, 15) is 0 Å². The van der Waals surface area contributed by atoms with Crippen molar-refractivity contribution in [2.75, 3.05) is 13.1 Å². The third-order valence-electron chi connectivity index (χ3n) is 4.88. The van der Waals surface area contributed by atoms with E-state index in [2.05, 4.69) is 58.9 Å². The third kappa shape index (κ3) is 4.30. The Morgan fingerprint density at radius 1 is 1.29 bits per heavy atom. The number of rotatable bonds is 6. The molecule has 0 spiro atoms. The Morgan fingerprint density at radius 3 is 2.62 bits per heavy atom. The lowest BCUT2D eigenvalue weighted by Crippen LogP contribution is -2.58. The molecular weight excluding hydrogens is 324 g/mol. The van der Waals surface area contributed by atoms with Crippen molar-refractivity contribution in [2.45, 2.75) is 64.0 Å². The van der Waals surface area contributed by atoms with E-state index in [-0.39, 0.29) is 5.54 Å². The van der Waals surface area contributed by atoms with Gasteiger partial charge in [0.05, 0.1) is 0 Å². The van der Waals surface area contributed by atoms with Crippen molar-refractivity contribution in [1.82, 2.24) is 4.90 Å². The van der Waals surface area contributed by atoms with Crippen molar-refractivity contribution in [2.24, 2.45) is 5.73 Å². The fraction of sp³-hybridized carbons (Fsp3) is 0.667. The Kier molecular flexibility index (Phi) is 6.27. The number of nitrogens with two attached hydrogens (primary N) is 1. The van der Waals surface area contributed by atoms with Crippen LogP contribution in [0.1, 0.15) is 51.5 Å². The summed E-state index contributed by atoms with van der Waals surface area (Å²) >= 11 is 3.51. The zero-order chi connectivity index (χ0) is 15.3. The van der Waals surface area contributed by atoms with E-state index in [0.29, 0.717) is 6.04 Å². The second kappa shape index (κ2) is 7.75. The number of nitrogens with zero attached hydrogens (tertiary/aromatic N) is 1. The highest BCUT2D eigenvalue weighted by Crippen LogP contribution is 2.30. The summed E-state index contributed by atoms with van der Waals surface area (Å²) < 4.78 is 1.14. The predicted octanol–water partition coefficient (Wildman–Crippen LogP) is 4.36. The molecule has 0 saturated carbocycles. The summed E-state index contributed by atoms with van der Waals surface area (Å²) in [6.07, 6.45) is 7.63. The molecule has 1 fully saturated rings. The number of hydrogen-bond acceptors (Lipinski definition) is 2. The van der Waals surface area contributed by atoms with Gasteiger partial charge in [0.15, 0.2) is 0 Å². The summed E-state index contributed by atoms with van der Waals surface area (Å²) in [6, 6.07) is 9.42. The van der Waals surface area contributed by atoms with E-state index in [1.54, 1.807) is 0 Å². The summed E-state index contributed by atoms with van der Waals surface area (Å²) in [5, 5.41) is 0. The van der Waals surface area contributed by atoms with Gasteiger partial charge in [0.25, 0.3) is 0 Å². The van der Waals surface area contributed by atoms with Crippen LogP contribution in [0.3, 0.4) is 0 Å². The quantitative estimate of drug-likeness (QED) is 0.823. The summed E-state index contributed by atoms with van der Waals surface area (Å²) in [5.41, 5.74) is 7.68. The lowest BCUT2D eigenvalue weighted by molar-refractivity contribution is 0.0291. The van der Waals surface area contributed by atoms with Crippen molar-refractivity contribution < 1.29 is 0 Å². The molecule has 118 valence electrons. The maximum Gasteiger partial charge on any atom is 0.0346 e. The fourth-order valence-electron chi connectivity index (χ4n) is 3.68. The topological polar surface area (TPSA) is 29.3 Å². The largest absolute Gasteiger partial charge is 0.329 e. The Morgan fingerprint density at radius 2 is 2.00 bits per heavy atom. The number of halogens is 1. The number of likely N-dealkylation sites (tertiary alicyclic amines) is 1. The van der Waals surface area contributed by atoms with Gasteiger partial charge in [-0.2, -0.15) is 0 Å². The molecule has 1 aliphatic rings. The predicted molar refractivity (Wildman–Crippen MR) is 94.6 cm³/mol. The van der Waals surface area contributed by atoms with E-state index in [0.717, 1.165) is 17.4 Å². The molecule has 1 heterocycles. The molecule has 1 aromatic rings. The van der Waals surface area contributed by atoms with Crippen molar-refractivity contribution in [3.8, 4) is 0 Å². The second-order valence-corrected chi connectivity index (χ2v) is 7.55. The minimum atomic E-state index is 0.0775. The smallest absolute Gasteiger partial charge is 0.0346 e. The van der Waals surface area contributed by atoms with E-state index >= 15 is 0 Å². The van der Waals surface area contributed by atoms with Gasteiger partial charge >= 0.3 is 0 Å². The summed E-state index contributed by atoms with van der Waals surface area (Å²) in [6.45, 7) is 6.57. The van der Waals surface area contributed by atoms with Gasteiger partial charge in [-0.05, 0) is 56.8 Å². The van der Waals surface area contributed by atoms with Crippen LogP contribution in [-0.4, -0.2) is 29.6 Å². The van der Waals surface area contributed by atoms with Crippen molar-refractivity contribution in [1.29, 1.82) is 0 Å². The molecule has 0 bridgehead atoms. The molecular formula is C18H29BrN2. The maximum absolute atomic E-state index is 6.22. The minimum absolute atomic E-state index is 0.0775. The summed E-state index contributed by atoms with van der Waals surface area (Å²) in [7, 11) is 0. The molecule has 2 nitrogen and oxygen atoms in total. The molecule has 2 rings (SSSR count). The molecule has 2 atom stereocenters. The Hall–Kier alpha value is -0.380. The Balaban J connectivity index is 2.15. The van der Waals surface area contributed by atoms with Crippen LogP contribution in [-0.2, 0) is 6.42 Å². The molecule has 2 unspecified atom stereocenters. The molecule has 1 aliphatic heterocycles. The normalized spacial score (nSPS) is 23.0. The SMILES string of the molecule is CCCC1CCCCN1C(C)(CN)Cc1ccc(Br)cc1. The third-order valence-corrected chi connectivity index (χ3v) is 5.41. The summed E-state index contributed by atoms with van der Waals surface area (Å²) in [5.74, 6) is 0. The average molecular weight is 353 g/mol. The van der Waals surface area contributed by atoms with Gasteiger partial charge in [-0.3, -0.25) is 4.90 Å². The van der Waals surface area contributed by atoms with Crippen molar-refractivity contribution in [3.05, 3.63) is 34.3 Å². The van der Waals surface area contributed by atoms with Gasteiger partial charge in [-0.15, -0.1) is 0 Å². The van der Waals surface area contributed by atoms with E-state index in [1.807, 2.05) is 0 Å². The van der Waals surface area contributed by atoms with Gasteiger partial charge in [0.2, 0.25) is 0 Å². The van der Waals surface area contributed by atoms with Crippen LogP contribution < -0.4 is 5.73 Å². The highest BCUT2D eigenvalue weighted by atomic mass is 79.9. The second-order valence-electron chi connectivity index (χ2n) is 6.64. The molecule has 1 saturated heterocycles. The van der Waals surface area contributed by atoms with E-state index in [1.165, 1.54) is 44.2 Å². The zero-order valence-corrected chi connectivity index (χ0v) is 15.0. The van der Waals surface area contributed by atoms with Crippen LogP contribution in [0, 0.1) is 0 Å². The minimum Gasteiger partial charge on any atom is -0.329 e. The first kappa shape index (κ1) is 17.0. The molecule has 0 aromatic heterocycles. The first-order chi connectivity index (χ1) is 10.1. The van der Waals surface area contributed by atoms with Crippen LogP contribution in [0.2, 0.25) is 0 Å². The highest BCUT2D eigenvalue weighted by molar-refractivity contribution is 9.10. The lowest BCUT2D eigenvalue weighted by Gasteiger charge is -2.48. The molecule has 21 heavy (non-hydrogen) atoms. The first-order valence-electron chi connectivity index (χ1n) is 8.30. The summed E-state index contributed by atoms with van der Waals surface area (Å²) in [4.78, 5) is 2.71. The standard InChI is InChI=1S/C18H29BrN2/c1-3-6-17-7-4-5-12-21(17)18(2,14-20)13-15-8-10-16(19)11-9-15/h8-11,17H,3-7,12-14,20H2,1-2H3. The average Bonchev–Trinajstić information content (AvgIpc) is 2.50. The monoisotopic (exact) mass is 352 g/mol. The first-order valence-corrected chi connectivity index (χ1v) is 9.09. The van der Waals surface area contributed by atoms with Gasteiger partial charge in [-0.1, -0.05) is 47.8 Å². The van der Waals surface area contributed by atoms with E-state index < -0.39 is 0 Å². The molecule has 0 radical (unpaired) electrons. The number of hydrogen-bond donors (Lipinski definition) is 1. The van der Waals surface area contributed by atoms with Gasteiger partial charge in [-0.25, -0.2) is 0 Å². The Labute approximate surface area is 138 Å². The maximum atomic E-state index is 6.22. The molecule has 1 aromatic carbocycles. The van der Waals surface area contributed by atoms with Crippen molar-refractivity contribution >= 4 is 15.9 Å². The molecule has 2 N–H and O–H groups in total. The Bertz CT molecular complexity index is 429. The van der Waals surface area contributed by atoms with Gasteiger partial charge in [0, 0.05) is 22.6 Å². The molecule has 3 heteroatoms. The van der Waals surface area contributed by atoms with Gasteiger partial charge in [0.1, 0.15) is 0 Å². The van der Waals surface area contributed by atoms with Crippen LogP contribution in [0.5, 0.6) is 0 Å². The van der Waals surface area contributed by atoms with Crippen LogP contribution in [0.4, 0.5) is 0 Å². The van der Waals surface area contributed by atoms with Crippen LogP contribution >= 0.6 is 15.9 Å². The van der Waals surface area contributed by atoms with Crippen LogP contribution in [0.25, 0.3) is 0 Å². The zero-order valence-electron chi connectivity index (χ0n) is 13.4. The lowest BCUT2D eigenvalue weighted by atomic mass is 9.85. The number of benzene rings is 1. The number of piperidine rings is 1. The van der Waals surface area contributed by atoms with Crippen LogP contribution in [0.15, 0.2) is 28.7 Å². The van der Waals surface area contributed by atoms with E-state index in [4.69, 9.17) is 5.73 Å². The fourth-order valence-corrected chi connectivity index (χ4v) is 3.94. The van der Waals surface area contributed by atoms with Gasteiger partial charge < -0.3 is 5.73 Å². The highest BCUT2D eigenvalue weighted by Gasteiger charge is 2.36.